The summed E-state index contributed by atoms with van der Waals surface area (Å²) in [7, 11) is 0. The first-order chi connectivity index (χ1) is 11.1. The van der Waals surface area contributed by atoms with Crippen LogP contribution in [0.15, 0.2) is 16.6 Å². The molecule has 1 aromatic heterocycles. The van der Waals surface area contributed by atoms with Crippen molar-refractivity contribution < 1.29 is 0 Å². The summed E-state index contributed by atoms with van der Waals surface area (Å²) in [5.41, 5.74) is 6.53. The minimum absolute atomic E-state index is 0. The smallest absolute Gasteiger partial charge is 0.191 e. The summed E-state index contributed by atoms with van der Waals surface area (Å²) in [5, 5.41) is 3.14. The second kappa shape index (κ2) is 8.69. The molecule has 0 aromatic carbocycles. The molecule has 3 rings (SSSR count). The van der Waals surface area contributed by atoms with E-state index in [9.17, 15) is 0 Å². The van der Waals surface area contributed by atoms with Crippen molar-refractivity contribution in [3.05, 3.63) is 11.6 Å². The highest BCUT2D eigenvalue weighted by Gasteiger charge is 2.31. The molecule has 2 aliphatic rings. The first-order valence-electron chi connectivity index (χ1n) is 8.75. The van der Waals surface area contributed by atoms with Gasteiger partial charge in [0.05, 0.1) is 0 Å². The van der Waals surface area contributed by atoms with Crippen LogP contribution in [0.3, 0.4) is 0 Å². The van der Waals surface area contributed by atoms with E-state index >= 15 is 0 Å². The third-order valence-electron chi connectivity index (χ3n) is 5.40. The number of piperazine rings is 1. The van der Waals surface area contributed by atoms with Gasteiger partial charge in [0, 0.05) is 44.3 Å². The molecule has 2 heterocycles. The van der Waals surface area contributed by atoms with E-state index in [1.807, 2.05) is 11.6 Å². The van der Waals surface area contributed by atoms with E-state index in [2.05, 4.69) is 28.6 Å². The largest absolute Gasteiger partial charge is 0.370 e. The van der Waals surface area contributed by atoms with Gasteiger partial charge in [-0.1, -0.05) is 26.7 Å². The van der Waals surface area contributed by atoms with Gasteiger partial charge >= 0.3 is 0 Å². The predicted molar refractivity (Wildman–Crippen MR) is 114 cm³/mol. The van der Waals surface area contributed by atoms with E-state index in [0.29, 0.717) is 0 Å². The molecule has 0 unspecified atom stereocenters. The Kier molecular flexibility index (Phi) is 7.15. The maximum atomic E-state index is 6.26. The highest BCUT2D eigenvalue weighted by Crippen LogP contribution is 2.39. The third-order valence-corrected chi connectivity index (χ3v) is 6.23. The highest BCUT2D eigenvalue weighted by atomic mass is 127. The van der Waals surface area contributed by atoms with Crippen LogP contribution < -0.4 is 10.6 Å². The van der Waals surface area contributed by atoms with Crippen LogP contribution in [-0.4, -0.2) is 48.6 Å². The fourth-order valence-electron chi connectivity index (χ4n) is 3.72. The van der Waals surface area contributed by atoms with Crippen molar-refractivity contribution in [2.45, 2.75) is 39.5 Å². The lowest BCUT2D eigenvalue weighted by atomic mass is 9.78. The molecule has 1 saturated heterocycles. The number of hydrogen-bond donors (Lipinski definition) is 1. The van der Waals surface area contributed by atoms with E-state index in [1.165, 1.54) is 25.7 Å². The second-order valence-electron chi connectivity index (χ2n) is 7.43. The quantitative estimate of drug-likeness (QED) is 0.423. The average molecular weight is 463 g/mol. The number of aliphatic imine (C=N–C) groups is 1. The van der Waals surface area contributed by atoms with E-state index < -0.39 is 0 Å². The molecular formula is C17H30IN5S. The Morgan fingerprint density at radius 1 is 1.29 bits per heavy atom. The maximum Gasteiger partial charge on any atom is 0.191 e. The summed E-state index contributed by atoms with van der Waals surface area (Å²) in [6.45, 7) is 9.33. The molecular weight excluding hydrogens is 433 g/mol. The van der Waals surface area contributed by atoms with Crippen molar-refractivity contribution in [1.82, 2.24) is 9.88 Å². The Morgan fingerprint density at radius 2 is 1.96 bits per heavy atom. The second-order valence-corrected chi connectivity index (χ2v) is 8.31. The molecule has 1 aliphatic heterocycles. The van der Waals surface area contributed by atoms with Crippen molar-refractivity contribution >= 4 is 46.4 Å². The molecule has 1 saturated carbocycles. The lowest BCUT2D eigenvalue weighted by molar-refractivity contribution is 0.226. The summed E-state index contributed by atoms with van der Waals surface area (Å²) in [5.74, 6) is 1.52. The number of thiazole rings is 1. The van der Waals surface area contributed by atoms with Gasteiger partial charge in [0.1, 0.15) is 0 Å². The van der Waals surface area contributed by atoms with Crippen LogP contribution in [0.2, 0.25) is 0 Å². The molecule has 1 aromatic rings. The molecule has 24 heavy (non-hydrogen) atoms. The number of rotatable bonds is 4. The lowest BCUT2D eigenvalue weighted by Gasteiger charge is -2.36. The number of guanidine groups is 1. The molecule has 136 valence electrons. The van der Waals surface area contributed by atoms with Gasteiger partial charge in [0.25, 0.3) is 0 Å². The van der Waals surface area contributed by atoms with E-state index in [0.717, 1.165) is 49.7 Å². The summed E-state index contributed by atoms with van der Waals surface area (Å²) < 4.78 is 0. The normalized spacial score (nSPS) is 20.3. The predicted octanol–water partition coefficient (Wildman–Crippen LogP) is 3.41. The number of hydrogen-bond acceptors (Lipinski definition) is 4. The molecule has 0 spiro atoms. The Hall–Kier alpha value is -0.570. The van der Waals surface area contributed by atoms with Crippen molar-refractivity contribution in [2.75, 3.05) is 37.6 Å². The molecule has 7 heteroatoms. The van der Waals surface area contributed by atoms with Crippen molar-refractivity contribution in [2.24, 2.45) is 22.1 Å². The molecule has 2 N–H and O–H groups in total. The van der Waals surface area contributed by atoms with E-state index in [-0.39, 0.29) is 29.4 Å². The molecule has 2 fully saturated rings. The number of anilines is 1. The minimum atomic E-state index is 0. The summed E-state index contributed by atoms with van der Waals surface area (Å²) >= 11 is 1.70. The molecule has 5 nitrogen and oxygen atoms in total. The van der Waals surface area contributed by atoms with Crippen molar-refractivity contribution in [1.29, 1.82) is 0 Å². The zero-order valence-corrected chi connectivity index (χ0v) is 17.9. The summed E-state index contributed by atoms with van der Waals surface area (Å²) in [6, 6.07) is 0. The van der Waals surface area contributed by atoms with Gasteiger partial charge < -0.3 is 15.5 Å². The molecule has 0 atom stereocenters. The van der Waals surface area contributed by atoms with Crippen LogP contribution in [0.5, 0.6) is 0 Å². The molecule has 0 amide bonds. The van der Waals surface area contributed by atoms with Crippen LogP contribution in [-0.2, 0) is 0 Å². The zero-order chi connectivity index (χ0) is 16.3. The Balaban J connectivity index is 0.00000208. The maximum absolute atomic E-state index is 6.26. The molecule has 0 radical (unpaired) electrons. The number of aromatic nitrogens is 1. The molecule has 1 aliphatic carbocycles. The van der Waals surface area contributed by atoms with E-state index in [1.54, 1.807) is 11.3 Å². The first-order valence-corrected chi connectivity index (χ1v) is 9.63. The SMILES string of the molecule is CC(C)(CN=C(N)N1CCN(c2nccs2)CC1)C1CCCC1.I. The number of halogens is 1. The van der Waals surface area contributed by atoms with Crippen LogP contribution >= 0.6 is 35.3 Å². The highest BCUT2D eigenvalue weighted by molar-refractivity contribution is 14.0. The summed E-state index contributed by atoms with van der Waals surface area (Å²) in [4.78, 5) is 13.7. The van der Waals surface area contributed by atoms with Gasteiger partial charge in [-0.25, -0.2) is 4.98 Å². The number of nitrogens with two attached hydrogens (primary N) is 1. The van der Waals surface area contributed by atoms with Gasteiger partial charge in [0.15, 0.2) is 11.1 Å². The van der Waals surface area contributed by atoms with E-state index in [4.69, 9.17) is 10.7 Å². The average Bonchev–Trinajstić information content (AvgIpc) is 3.26. The Bertz CT molecular complexity index is 517. The third kappa shape index (κ3) is 4.74. The number of nitrogens with zero attached hydrogens (tertiary/aromatic N) is 4. The molecule has 0 bridgehead atoms. The standard InChI is InChI=1S/C17H29N5S.HI/c1-17(2,14-5-3-4-6-14)13-20-15(18)21-8-10-22(11-9-21)16-19-7-12-23-16;/h7,12,14H,3-6,8-11,13H2,1-2H3,(H2,18,20);1H. The first kappa shape index (κ1) is 19.8. The van der Waals surface area contributed by atoms with Gasteiger partial charge in [0.2, 0.25) is 0 Å². The van der Waals surface area contributed by atoms with Gasteiger partial charge in [-0.2, -0.15) is 0 Å². The van der Waals surface area contributed by atoms with Gasteiger partial charge in [-0.15, -0.1) is 35.3 Å². The summed E-state index contributed by atoms with van der Waals surface area (Å²) in [6.07, 6.45) is 7.34. The topological polar surface area (TPSA) is 57.8 Å². The van der Waals surface area contributed by atoms with Crippen LogP contribution in [0, 0.1) is 11.3 Å². The van der Waals surface area contributed by atoms with Gasteiger partial charge in [-0.3, -0.25) is 4.99 Å². The fourth-order valence-corrected chi connectivity index (χ4v) is 4.42. The Labute approximate surface area is 166 Å². The monoisotopic (exact) mass is 463 g/mol. The Morgan fingerprint density at radius 3 is 2.54 bits per heavy atom. The van der Waals surface area contributed by atoms with Crippen LogP contribution in [0.1, 0.15) is 39.5 Å². The lowest BCUT2D eigenvalue weighted by Crippen LogP contribution is -2.51. The van der Waals surface area contributed by atoms with Gasteiger partial charge in [-0.05, 0) is 24.2 Å². The zero-order valence-electron chi connectivity index (χ0n) is 14.8. The fraction of sp³-hybridized carbons (Fsp3) is 0.765. The minimum Gasteiger partial charge on any atom is -0.370 e. The van der Waals surface area contributed by atoms with Crippen LogP contribution in [0.4, 0.5) is 5.13 Å². The van der Waals surface area contributed by atoms with Crippen molar-refractivity contribution in [3.63, 3.8) is 0 Å². The van der Waals surface area contributed by atoms with Crippen LogP contribution in [0.25, 0.3) is 0 Å². The van der Waals surface area contributed by atoms with Crippen molar-refractivity contribution in [3.8, 4) is 0 Å².